The van der Waals surface area contributed by atoms with E-state index in [1.807, 2.05) is 6.92 Å². The standard InChI is InChI=1S/2C15H19N3O/c1-11(19)18-10-9-16-15(18)17-14-8-4-6-12-5-2-3-7-13(12)14;1-11(18-10-9-16-15(18)19)17-14-8-4-6-12-5-2-3-7-13(12)14/h4,6,8H,2-3,5,7,9-10H2,1H3,(H,16,17);4,6,8H,2-3,5,7,9-10H2,1H3,(H,16,19). The summed E-state index contributed by atoms with van der Waals surface area (Å²) in [5.41, 5.74) is 7.77. The van der Waals surface area contributed by atoms with Gasteiger partial charge in [0.1, 0.15) is 5.84 Å². The molecule has 2 aromatic carbocycles. The van der Waals surface area contributed by atoms with E-state index in [1.54, 1.807) is 16.7 Å². The first-order valence-corrected chi connectivity index (χ1v) is 13.9. The van der Waals surface area contributed by atoms with Crippen molar-refractivity contribution in [1.29, 1.82) is 0 Å². The minimum absolute atomic E-state index is 0.0361. The Morgan fingerprint density at radius 1 is 0.895 bits per heavy atom. The van der Waals surface area contributed by atoms with E-state index < -0.39 is 0 Å². The molecule has 2 aliphatic carbocycles. The van der Waals surface area contributed by atoms with Gasteiger partial charge in [0.25, 0.3) is 0 Å². The first-order valence-electron chi connectivity index (χ1n) is 13.9. The normalized spacial score (nSPS) is 18.6. The monoisotopic (exact) mass is 514 g/mol. The lowest BCUT2D eigenvalue weighted by Gasteiger charge is -2.22. The average Bonchev–Trinajstić information content (AvgIpc) is 3.58. The molecule has 2 N–H and O–H groups in total. The van der Waals surface area contributed by atoms with Gasteiger partial charge in [0.2, 0.25) is 11.9 Å². The van der Waals surface area contributed by atoms with Crippen molar-refractivity contribution in [2.45, 2.75) is 65.2 Å². The summed E-state index contributed by atoms with van der Waals surface area (Å²) in [4.78, 5) is 35.7. The number of guanidine groups is 1. The third-order valence-corrected chi connectivity index (χ3v) is 7.76. The molecular formula is C30H38N6O2. The Balaban J connectivity index is 0.000000155. The van der Waals surface area contributed by atoms with Crippen LogP contribution in [0, 0.1) is 0 Å². The van der Waals surface area contributed by atoms with Crippen molar-refractivity contribution < 1.29 is 9.59 Å². The Morgan fingerprint density at radius 2 is 1.58 bits per heavy atom. The Kier molecular flexibility index (Phi) is 8.05. The molecule has 0 unspecified atom stereocenters. The van der Waals surface area contributed by atoms with Crippen LogP contribution in [0.2, 0.25) is 0 Å². The van der Waals surface area contributed by atoms with Crippen molar-refractivity contribution in [3.8, 4) is 0 Å². The van der Waals surface area contributed by atoms with Gasteiger partial charge in [-0.2, -0.15) is 0 Å². The van der Waals surface area contributed by atoms with Gasteiger partial charge in [0, 0.05) is 32.2 Å². The minimum atomic E-state index is -0.0361. The highest BCUT2D eigenvalue weighted by atomic mass is 16.2. The number of urea groups is 1. The summed E-state index contributed by atoms with van der Waals surface area (Å²) in [6, 6.07) is 12.7. The molecule has 0 atom stereocenters. The number of anilines is 1. The van der Waals surface area contributed by atoms with Crippen LogP contribution in [-0.2, 0) is 30.5 Å². The quantitative estimate of drug-likeness (QED) is 0.444. The van der Waals surface area contributed by atoms with E-state index in [9.17, 15) is 9.59 Å². The molecular weight excluding hydrogens is 476 g/mol. The summed E-state index contributed by atoms with van der Waals surface area (Å²) in [6.45, 7) is 6.29. The molecule has 38 heavy (non-hydrogen) atoms. The lowest BCUT2D eigenvalue weighted by Crippen LogP contribution is -2.37. The maximum Gasteiger partial charge on any atom is 0.322 e. The number of amides is 3. The second-order valence-electron chi connectivity index (χ2n) is 10.3. The molecule has 0 radical (unpaired) electrons. The summed E-state index contributed by atoms with van der Waals surface area (Å²) >= 11 is 0. The molecule has 4 aliphatic rings. The van der Waals surface area contributed by atoms with Crippen molar-refractivity contribution in [1.82, 2.24) is 15.1 Å². The number of aryl methyl sites for hydroxylation is 2. The second-order valence-corrected chi connectivity index (χ2v) is 10.3. The van der Waals surface area contributed by atoms with Gasteiger partial charge in [0.15, 0.2) is 0 Å². The van der Waals surface area contributed by atoms with E-state index in [2.05, 4.69) is 57.0 Å². The zero-order valence-corrected chi connectivity index (χ0v) is 22.6. The highest BCUT2D eigenvalue weighted by Gasteiger charge is 2.23. The molecule has 1 saturated heterocycles. The third-order valence-electron chi connectivity index (χ3n) is 7.76. The van der Waals surface area contributed by atoms with E-state index in [1.165, 1.54) is 47.9 Å². The van der Waals surface area contributed by atoms with Crippen LogP contribution < -0.4 is 10.6 Å². The molecule has 200 valence electrons. The number of hydrogen-bond donors (Lipinski definition) is 2. The zero-order chi connectivity index (χ0) is 26.5. The lowest BCUT2D eigenvalue weighted by atomic mass is 9.90. The highest BCUT2D eigenvalue weighted by molar-refractivity contribution is 6.05. The molecule has 0 aromatic heterocycles. The number of aliphatic imine (C=N–C) groups is 2. The summed E-state index contributed by atoms with van der Waals surface area (Å²) in [5.74, 6) is 1.54. The topological polar surface area (TPSA) is 89.4 Å². The van der Waals surface area contributed by atoms with Crippen LogP contribution in [0.1, 0.15) is 61.8 Å². The summed E-state index contributed by atoms with van der Waals surface area (Å²) in [6.07, 6.45) is 9.57. The van der Waals surface area contributed by atoms with Crippen molar-refractivity contribution >= 4 is 35.1 Å². The van der Waals surface area contributed by atoms with Crippen LogP contribution >= 0.6 is 0 Å². The molecule has 8 nitrogen and oxygen atoms in total. The van der Waals surface area contributed by atoms with Gasteiger partial charge in [-0.25, -0.2) is 9.79 Å². The highest BCUT2D eigenvalue weighted by Crippen LogP contribution is 2.30. The lowest BCUT2D eigenvalue weighted by molar-refractivity contribution is -0.124. The second kappa shape index (κ2) is 11.8. The van der Waals surface area contributed by atoms with E-state index >= 15 is 0 Å². The van der Waals surface area contributed by atoms with Crippen molar-refractivity contribution in [2.75, 3.05) is 31.5 Å². The Bertz CT molecular complexity index is 1270. The SMILES string of the molecule is CC(=Nc1cccc2c1CCCC2)N1CCNC1=O.CC(=O)N1CCN=C1Nc1cccc2c1CCCC2. The summed E-state index contributed by atoms with van der Waals surface area (Å²) in [7, 11) is 0. The fourth-order valence-corrected chi connectivity index (χ4v) is 5.76. The number of amidine groups is 1. The van der Waals surface area contributed by atoms with E-state index in [0.29, 0.717) is 32.1 Å². The van der Waals surface area contributed by atoms with Crippen LogP contribution in [-0.4, -0.2) is 59.7 Å². The molecule has 2 heterocycles. The van der Waals surface area contributed by atoms with Crippen molar-refractivity contribution in [3.63, 3.8) is 0 Å². The van der Waals surface area contributed by atoms with Gasteiger partial charge in [-0.15, -0.1) is 0 Å². The number of nitrogens with zero attached hydrogens (tertiary/aromatic N) is 4. The zero-order valence-electron chi connectivity index (χ0n) is 22.6. The molecule has 8 heteroatoms. The molecule has 1 fully saturated rings. The largest absolute Gasteiger partial charge is 0.336 e. The van der Waals surface area contributed by atoms with Crippen LogP contribution in [0.4, 0.5) is 16.2 Å². The Hall–Kier alpha value is -3.68. The van der Waals surface area contributed by atoms with Gasteiger partial charge in [-0.1, -0.05) is 24.3 Å². The Labute approximate surface area is 225 Å². The van der Waals surface area contributed by atoms with E-state index in [-0.39, 0.29) is 11.9 Å². The Morgan fingerprint density at radius 3 is 2.29 bits per heavy atom. The molecule has 0 bridgehead atoms. The first kappa shape index (κ1) is 25.9. The van der Waals surface area contributed by atoms with Crippen LogP contribution in [0.5, 0.6) is 0 Å². The van der Waals surface area contributed by atoms with E-state index in [0.717, 1.165) is 42.9 Å². The summed E-state index contributed by atoms with van der Waals surface area (Å²) < 4.78 is 0. The predicted octanol–water partition coefficient (Wildman–Crippen LogP) is 4.84. The number of rotatable bonds is 2. The van der Waals surface area contributed by atoms with Gasteiger partial charge in [-0.05, 0) is 92.7 Å². The van der Waals surface area contributed by atoms with Gasteiger partial charge in [-0.3, -0.25) is 19.6 Å². The molecule has 0 spiro atoms. The number of carbonyl (C=O) groups is 2. The fourth-order valence-electron chi connectivity index (χ4n) is 5.76. The number of fused-ring (bicyclic) bond motifs is 2. The maximum atomic E-state index is 11.6. The number of benzene rings is 2. The van der Waals surface area contributed by atoms with Crippen molar-refractivity contribution in [3.05, 3.63) is 58.7 Å². The maximum absolute atomic E-state index is 11.6. The van der Waals surface area contributed by atoms with Crippen LogP contribution in [0.25, 0.3) is 0 Å². The molecule has 6 rings (SSSR count). The average molecular weight is 515 g/mol. The summed E-state index contributed by atoms with van der Waals surface area (Å²) in [5, 5.41) is 6.16. The number of nitrogens with one attached hydrogen (secondary N) is 2. The van der Waals surface area contributed by atoms with Crippen molar-refractivity contribution in [2.24, 2.45) is 9.98 Å². The fraction of sp³-hybridized carbons (Fsp3) is 0.467. The van der Waals surface area contributed by atoms with Crippen LogP contribution in [0.15, 0.2) is 46.4 Å². The smallest absolute Gasteiger partial charge is 0.322 e. The van der Waals surface area contributed by atoms with Gasteiger partial charge in [0.05, 0.1) is 12.2 Å². The molecule has 2 aliphatic heterocycles. The minimum Gasteiger partial charge on any atom is -0.336 e. The first-order chi connectivity index (χ1) is 18.5. The third kappa shape index (κ3) is 5.74. The molecule has 3 amide bonds. The van der Waals surface area contributed by atoms with Gasteiger partial charge < -0.3 is 10.6 Å². The molecule has 0 saturated carbocycles. The van der Waals surface area contributed by atoms with Gasteiger partial charge >= 0.3 is 6.03 Å². The number of hydrogen-bond acceptors (Lipinski definition) is 5. The van der Waals surface area contributed by atoms with Crippen LogP contribution in [0.3, 0.4) is 0 Å². The number of carbonyl (C=O) groups excluding carboxylic acids is 2. The molecule has 2 aromatic rings. The predicted molar refractivity (Wildman–Crippen MR) is 152 cm³/mol. The van der Waals surface area contributed by atoms with E-state index in [4.69, 9.17) is 0 Å².